The number of halogens is 2. The second-order valence-electron chi connectivity index (χ2n) is 3.61. The monoisotopic (exact) mass is 280 g/mol. The summed E-state index contributed by atoms with van der Waals surface area (Å²) in [4.78, 5) is 15.9. The molecule has 2 aromatic rings. The molecule has 0 bridgehead atoms. The maximum Gasteiger partial charge on any atom is 0.275 e. The van der Waals surface area contributed by atoms with Gasteiger partial charge in [0.1, 0.15) is 17.3 Å². The molecule has 0 aliphatic carbocycles. The second kappa shape index (κ2) is 5.64. The molecular formula is C12H10ClFN4O. The summed E-state index contributed by atoms with van der Waals surface area (Å²) in [5.41, 5.74) is 2.31. The lowest BCUT2D eigenvalue weighted by molar-refractivity contribution is 0.102. The topological polar surface area (TPSA) is 80.0 Å². The van der Waals surface area contributed by atoms with E-state index in [0.29, 0.717) is 0 Å². The molecule has 4 N–H and O–H groups in total. The Labute approximate surface area is 113 Å². The lowest BCUT2D eigenvalue weighted by Crippen LogP contribution is -2.17. The number of nitrogens with zero attached hydrogens (tertiary/aromatic N) is 1. The summed E-state index contributed by atoms with van der Waals surface area (Å²) in [7, 11) is 0. The number of rotatable bonds is 3. The van der Waals surface area contributed by atoms with Crippen LogP contribution in [0.1, 0.15) is 10.5 Å². The van der Waals surface area contributed by atoms with Gasteiger partial charge >= 0.3 is 0 Å². The highest BCUT2D eigenvalue weighted by Crippen LogP contribution is 2.19. The van der Waals surface area contributed by atoms with Crippen molar-refractivity contribution in [2.75, 3.05) is 10.7 Å². The maximum absolute atomic E-state index is 13.4. The quantitative estimate of drug-likeness (QED) is 0.596. The van der Waals surface area contributed by atoms with Crippen LogP contribution >= 0.6 is 11.6 Å². The largest absolute Gasteiger partial charge is 0.318 e. The predicted molar refractivity (Wildman–Crippen MR) is 71.4 cm³/mol. The van der Waals surface area contributed by atoms with Crippen molar-refractivity contribution >= 4 is 29.0 Å². The van der Waals surface area contributed by atoms with Gasteiger partial charge in [-0.2, -0.15) is 0 Å². The van der Waals surface area contributed by atoms with Crippen LogP contribution in [0.2, 0.25) is 5.02 Å². The Balaban J connectivity index is 2.28. The summed E-state index contributed by atoms with van der Waals surface area (Å²) in [5.74, 6) is 4.32. The number of carbonyl (C=O) groups is 1. The van der Waals surface area contributed by atoms with E-state index in [1.807, 2.05) is 0 Å². The molecule has 5 nitrogen and oxygen atoms in total. The molecule has 7 heteroatoms. The van der Waals surface area contributed by atoms with E-state index in [1.165, 1.54) is 30.3 Å². The van der Waals surface area contributed by atoms with Gasteiger partial charge in [0, 0.05) is 0 Å². The van der Waals surface area contributed by atoms with Gasteiger partial charge in [-0.05, 0) is 24.3 Å². The molecule has 1 aromatic heterocycles. The molecule has 2 rings (SSSR count). The van der Waals surface area contributed by atoms with Gasteiger partial charge in [0.25, 0.3) is 5.91 Å². The number of hydrogen-bond acceptors (Lipinski definition) is 4. The Bertz CT molecular complexity index is 620. The van der Waals surface area contributed by atoms with Crippen LogP contribution in [0.5, 0.6) is 0 Å². The smallest absolute Gasteiger partial charge is 0.275 e. The van der Waals surface area contributed by atoms with Crippen LogP contribution in [0.15, 0.2) is 36.4 Å². The Kier molecular flexibility index (Phi) is 3.94. The zero-order chi connectivity index (χ0) is 13.8. The molecule has 0 fully saturated rings. The van der Waals surface area contributed by atoms with Gasteiger partial charge in [-0.15, -0.1) is 0 Å². The number of hydrazine groups is 1. The van der Waals surface area contributed by atoms with Crippen molar-refractivity contribution in [3.05, 3.63) is 52.9 Å². The third-order valence-corrected chi connectivity index (χ3v) is 2.64. The summed E-state index contributed by atoms with van der Waals surface area (Å²) < 4.78 is 13.4. The summed E-state index contributed by atoms with van der Waals surface area (Å²) in [6.45, 7) is 0. The number of nitrogens with one attached hydrogen (secondary N) is 2. The molecule has 1 amide bonds. The number of nitrogens with two attached hydrogens (primary N) is 1. The van der Waals surface area contributed by atoms with Crippen LogP contribution in [0.3, 0.4) is 0 Å². The third-order valence-electron chi connectivity index (χ3n) is 2.33. The first-order valence-corrected chi connectivity index (χ1v) is 5.68. The van der Waals surface area contributed by atoms with Crippen molar-refractivity contribution in [1.82, 2.24) is 4.98 Å². The average molecular weight is 281 g/mol. The number of carbonyl (C=O) groups excluding carboxylic acids is 1. The summed E-state index contributed by atoms with van der Waals surface area (Å²) in [5, 5.41) is 2.54. The van der Waals surface area contributed by atoms with E-state index in [4.69, 9.17) is 17.4 Å². The normalized spacial score (nSPS) is 10.1. The van der Waals surface area contributed by atoms with E-state index >= 15 is 0 Å². The number of pyridine rings is 1. The summed E-state index contributed by atoms with van der Waals surface area (Å²) in [6.07, 6.45) is 0. The molecule has 0 atom stereocenters. The Morgan fingerprint density at radius 1 is 1.26 bits per heavy atom. The first-order valence-electron chi connectivity index (χ1n) is 5.31. The third kappa shape index (κ3) is 2.98. The van der Waals surface area contributed by atoms with Crippen molar-refractivity contribution in [3.8, 4) is 0 Å². The zero-order valence-corrected chi connectivity index (χ0v) is 10.4. The van der Waals surface area contributed by atoms with Crippen LogP contribution in [0.25, 0.3) is 0 Å². The minimum atomic E-state index is -0.618. The fourth-order valence-electron chi connectivity index (χ4n) is 1.43. The van der Waals surface area contributed by atoms with Crippen LogP contribution < -0.4 is 16.6 Å². The molecule has 1 aromatic carbocycles. The van der Waals surface area contributed by atoms with Crippen molar-refractivity contribution in [2.24, 2.45) is 5.84 Å². The Morgan fingerprint density at radius 2 is 2.00 bits per heavy atom. The van der Waals surface area contributed by atoms with Gasteiger partial charge in [0.15, 0.2) is 0 Å². The first-order chi connectivity index (χ1) is 9.11. The van der Waals surface area contributed by atoms with Gasteiger partial charge < -0.3 is 10.7 Å². The van der Waals surface area contributed by atoms with E-state index in [1.54, 1.807) is 6.07 Å². The number of aromatic nitrogens is 1. The Hall–Kier alpha value is -2.18. The number of amides is 1. The van der Waals surface area contributed by atoms with Crippen molar-refractivity contribution in [2.45, 2.75) is 0 Å². The second-order valence-corrected chi connectivity index (χ2v) is 4.01. The molecule has 0 spiro atoms. The summed E-state index contributed by atoms with van der Waals surface area (Å²) >= 11 is 5.87. The highest BCUT2D eigenvalue weighted by atomic mass is 35.5. The lowest BCUT2D eigenvalue weighted by Gasteiger charge is -2.08. The number of hydrogen-bond donors (Lipinski definition) is 3. The van der Waals surface area contributed by atoms with E-state index in [9.17, 15) is 9.18 Å². The molecule has 0 saturated heterocycles. The molecule has 98 valence electrons. The van der Waals surface area contributed by atoms with Crippen molar-refractivity contribution < 1.29 is 9.18 Å². The number of para-hydroxylation sites is 1. The fraction of sp³-hybridized carbons (Fsp3) is 0. The number of anilines is 2. The molecule has 0 saturated carbocycles. The van der Waals surface area contributed by atoms with E-state index in [0.717, 1.165) is 0 Å². The number of nitrogen functional groups attached to an aromatic ring is 1. The zero-order valence-electron chi connectivity index (χ0n) is 9.65. The van der Waals surface area contributed by atoms with Gasteiger partial charge in [-0.25, -0.2) is 15.2 Å². The van der Waals surface area contributed by atoms with Crippen LogP contribution in [-0.4, -0.2) is 10.9 Å². The lowest BCUT2D eigenvalue weighted by atomic mass is 10.2. The molecule has 19 heavy (non-hydrogen) atoms. The molecule has 0 radical (unpaired) electrons. The first kappa shape index (κ1) is 13.3. The molecule has 0 aliphatic heterocycles. The van der Waals surface area contributed by atoms with Crippen molar-refractivity contribution in [3.63, 3.8) is 0 Å². The average Bonchev–Trinajstić information content (AvgIpc) is 2.42. The molecule has 1 heterocycles. The van der Waals surface area contributed by atoms with Crippen LogP contribution in [0, 0.1) is 5.82 Å². The maximum atomic E-state index is 13.4. The SMILES string of the molecule is NNc1ccc(Cl)c(C(=O)Nc2ccccc2F)n1. The van der Waals surface area contributed by atoms with E-state index in [-0.39, 0.29) is 22.2 Å². The molecule has 0 unspecified atom stereocenters. The van der Waals surface area contributed by atoms with Crippen LogP contribution in [0.4, 0.5) is 15.9 Å². The molecule has 0 aliphatic rings. The predicted octanol–water partition coefficient (Wildman–Crippen LogP) is 2.41. The molecular weight excluding hydrogens is 271 g/mol. The fourth-order valence-corrected chi connectivity index (χ4v) is 1.62. The highest BCUT2D eigenvalue weighted by molar-refractivity contribution is 6.34. The number of benzene rings is 1. The van der Waals surface area contributed by atoms with Crippen molar-refractivity contribution in [1.29, 1.82) is 0 Å². The van der Waals surface area contributed by atoms with Gasteiger partial charge in [0.2, 0.25) is 0 Å². The van der Waals surface area contributed by atoms with E-state index < -0.39 is 11.7 Å². The van der Waals surface area contributed by atoms with Gasteiger partial charge in [-0.3, -0.25) is 4.79 Å². The van der Waals surface area contributed by atoms with Gasteiger partial charge in [0.05, 0.1) is 10.7 Å². The summed E-state index contributed by atoms with van der Waals surface area (Å²) in [6, 6.07) is 8.79. The van der Waals surface area contributed by atoms with Crippen LogP contribution in [-0.2, 0) is 0 Å². The van der Waals surface area contributed by atoms with Gasteiger partial charge in [-0.1, -0.05) is 23.7 Å². The minimum absolute atomic E-state index is 0.0413. The Morgan fingerprint density at radius 3 is 2.68 bits per heavy atom. The minimum Gasteiger partial charge on any atom is -0.318 e. The van der Waals surface area contributed by atoms with E-state index in [2.05, 4.69) is 15.7 Å². The highest BCUT2D eigenvalue weighted by Gasteiger charge is 2.14. The standard InChI is InChI=1S/C12H10ClFN4O/c13-7-5-6-10(18-15)17-11(7)12(19)16-9-4-2-1-3-8(9)14/h1-6H,15H2,(H,16,19)(H,17,18).